The second-order valence-corrected chi connectivity index (χ2v) is 10.9. The van der Waals surface area contributed by atoms with Crippen molar-refractivity contribution in [2.24, 2.45) is 5.92 Å². The van der Waals surface area contributed by atoms with Crippen molar-refractivity contribution in [3.63, 3.8) is 0 Å². The maximum atomic E-state index is 13.1. The van der Waals surface area contributed by atoms with Crippen molar-refractivity contribution in [1.29, 1.82) is 0 Å². The fraction of sp³-hybridized carbons (Fsp3) is 0.467. The van der Waals surface area contributed by atoms with E-state index < -0.39 is 6.04 Å². The standard InChI is InChI=1S/C30H35N3O2/c1-19-10-15-28(29(34)31-19)33-18-23-17-20(11-13-25(23)30(33)35)16-22-7-3-5-9-26(22)32-27-14-12-21-6-2-4-8-24(21)27/h2,4,6,8,11,13,17,22,26-28,32H,1,3,5,7,9-10,12,14-16,18H2,(H,31,34)/t22-,26+,27?,28?/m1/s1. The van der Waals surface area contributed by atoms with Crippen molar-refractivity contribution < 1.29 is 9.59 Å². The Morgan fingerprint density at radius 3 is 2.71 bits per heavy atom. The van der Waals surface area contributed by atoms with Crippen molar-refractivity contribution in [2.75, 3.05) is 0 Å². The first-order chi connectivity index (χ1) is 17.1. The fourth-order valence-corrected chi connectivity index (χ4v) is 6.80. The number of amides is 2. The van der Waals surface area contributed by atoms with E-state index in [2.05, 4.69) is 53.6 Å². The summed E-state index contributed by atoms with van der Waals surface area (Å²) in [6, 6.07) is 15.9. The number of fused-ring (bicyclic) bond motifs is 2. The Bertz CT molecular complexity index is 1170. The third kappa shape index (κ3) is 4.31. The number of hydrogen-bond donors (Lipinski definition) is 2. The highest BCUT2D eigenvalue weighted by atomic mass is 16.2. The molecule has 0 aromatic heterocycles. The van der Waals surface area contributed by atoms with Gasteiger partial charge in [0.2, 0.25) is 5.91 Å². The van der Waals surface area contributed by atoms with Gasteiger partial charge in [0.1, 0.15) is 6.04 Å². The molecule has 2 fully saturated rings. The number of piperidine rings is 1. The molecule has 2 unspecified atom stereocenters. The topological polar surface area (TPSA) is 61.4 Å². The predicted molar refractivity (Wildman–Crippen MR) is 137 cm³/mol. The van der Waals surface area contributed by atoms with Crippen LogP contribution in [0.2, 0.25) is 0 Å². The number of carbonyl (C=O) groups excluding carboxylic acids is 2. The Hall–Kier alpha value is -2.92. The Morgan fingerprint density at radius 2 is 1.83 bits per heavy atom. The molecule has 2 aliphatic heterocycles. The lowest BCUT2D eigenvalue weighted by Crippen LogP contribution is -2.49. The summed E-state index contributed by atoms with van der Waals surface area (Å²) in [4.78, 5) is 27.3. The van der Waals surface area contributed by atoms with Crippen LogP contribution in [0.5, 0.6) is 0 Å². The molecule has 182 valence electrons. The van der Waals surface area contributed by atoms with Gasteiger partial charge in [-0.25, -0.2) is 0 Å². The average molecular weight is 470 g/mol. The molecule has 0 spiro atoms. The lowest BCUT2D eigenvalue weighted by molar-refractivity contribution is -0.126. The molecular weight excluding hydrogens is 434 g/mol. The van der Waals surface area contributed by atoms with Gasteiger partial charge in [-0.2, -0.15) is 0 Å². The minimum atomic E-state index is -0.398. The van der Waals surface area contributed by atoms with E-state index in [0.717, 1.165) is 29.7 Å². The van der Waals surface area contributed by atoms with Crippen molar-refractivity contribution in [1.82, 2.24) is 15.5 Å². The Labute approximate surface area is 208 Å². The van der Waals surface area contributed by atoms with Gasteiger partial charge < -0.3 is 15.5 Å². The van der Waals surface area contributed by atoms with Crippen molar-refractivity contribution in [2.45, 2.75) is 82.5 Å². The minimum Gasteiger partial charge on any atom is -0.329 e. The molecule has 2 aromatic carbocycles. The van der Waals surface area contributed by atoms with Crippen LogP contribution in [0.4, 0.5) is 0 Å². The summed E-state index contributed by atoms with van der Waals surface area (Å²) in [7, 11) is 0. The molecule has 1 saturated carbocycles. The maximum absolute atomic E-state index is 13.1. The normalized spacial score (nSPS) is 28.1. The van der Waals surface area contributed by atoms with Crippen molar-refractivity contribution in [3.05, 3.63) is 82.6 Å². The average Bonchev–Trinajstić information content (AvgIpc) is 3.41. The molecule has 2 heterocycles. The Balaban J connectivity index is 1.15. The van der Waals surface area contributed by atoms with Gasteiger partial charge in [0.25, 0.3) is 5.91 Å². The molecule has 0 bridgehead atoms. The third-order valence-corrected chi connectivity index (χ3v) is 8.66. The number of nitrogens with one attached hydrogen (secondary N) is 2. The number of allylic oxidation sites excluding steroid dienone is 1. The van der Waals surface area contributed by atoms with Gasteiger partial charge in [0.05, 0.1) is 0 Å². The molecule has 2 aliphatic carbocycles. The first-order valence-electron chi connectivity index (χ1n) is 13.3. The number of carbonyl (C=O) groups is 2. The zero-order valence-electron chi connectivity index (χ0n) is 20.4. The summed E-state index contributed by atoms with van der Waals surface area (Å²) < 4.78 is 0. The predicted octanol–water partition coefficient (Wildman–Crippen LogP) is 4.81. The summed E-state index contributed by atoms with van der Waals surface area (Å²) >= 11 is 0. The Kier molecular flexibility index (Phi) is 5.97. The van der Waals surface area contributed by atoms with E-state index in [1.54, 1.807) is 4.90 Å². The van der Waals surface area contributed by atoms with Gasteiger partial charge in [0, 0.05) is 29.9 Å². The van der Waals surface area contributed by atoms with Crippen LogP contribution >= 0.6 is 0 Å². The summed E-state index contributed by atoms with van der Waals surface area (Å²) in [5.41, 5.74) is 6.87. The second-order valence-electron chi connectivity index (χ2n) is 10.9. The fourth-order valence-electron chi connectivity index (χ4n) is 6.80. The molecule has 4 aliphatic rings. The number of hydrogen-bond acceptors (Lipinski definition) is 3. The number of nitrogens with zero attached hydrogens (tertiary/aromatic N) is 1. The van der Waals surface area contributed by atoms with Crippen LogP contribution in [0.1, 0.15) is 83.6 Å². The van der Waals surface area contributed by atoms with Gasteiger partial charge >= 0.3 is 0 Å². The van der Waals surface area contributed by atoms with Gasteiger partial charge in [-0.3, -0.25) is 9.59 Å². The monoisotopic (exact) mass is 469 g/mol. The SMILES string of the molecule is C=C1CCC(N2Cc3cc(C[C@H]4CCCC[C@@H]4NC4CCc5ccccc54)ccc3C2=O)C(=O)N1. The maximum Gasteiger partial charge on any atom is 0.255 e. The summed E-state index contributed by atoms with van der Waals surface area (Å²) in [5.74, 6) is 0.487. The summed E-state index contributed by atoms with van der Waals surface area (Å²) in [6.07, 6.45) is 9.87. The van der Waals surface area contributed by atoms with Gasteiger partial charge in [-0.15, -0.1) is 0 Å². The molecule has 6 rings (SSSR count). The highest BCUT2D eigenvalue weighted by molar-refractivity contribution is 6.01. The van der Waals surface area contributed by atoms with E-state index in [1.807, 2.05) is 6.07 Å². The molecule has 2 aromatic rings. The van der Waals surface area contributed by atoms with E-state index in [4.69, 9.17) is 0 Å². The van der Waals surface area contributed by atoms with Crippen molar-refractivity contribution >= 4 is 11.8 Å². The van der Waals surface area contributed by atoms with Crippen LogP contribution in [0.3, 0.4) is 0 Å². The smallest absolute Gasteiger partial charge is 0.255 e. The van der Waals surface area contributed by atoms with Crippen LogP contribution in [-0.4, -0.2) is 28.8 Å². The molecule has 4 atom stereocenters. The molecule has 1 saturated heterocycles. The minimum absolute atomic E-state index is 0.0173. The molecule has 0 radical (unpaired) electrons. The molecule has 35 heavy (non-hydrogen) atoms. The first kappa shape index (κ1) is 22.5. The largest absolute Gasteiger partial charge is 0.329 e. The van der Waals surface area contributed by atoms with Gasteiger partial charge in [-0.05, 0) is 79.2 Å². The lowest BCUT2D eigenvalue weighted by Gasteiger charge is -2.35. The quantitative estimate of drug-likeness (QED) is 0.661. The molecular formula is C30H35N3O2. The van der Waals surface area contributed by atoms with Crippen LogP contribution in [0, 0.1) is 5.92 Å². The van der Waals surface area contributed by atoms with Crippen LogP contribution < -0.4 is 10.6 Å². The highest BCUT2D eigenvalue weighted by Crippen LogP contribution is 2.36. The lowest BCUT2D eigenvalue weighted by atomic mass is 9.80. The van der Waals surface area contributed by atoms with E-state index in [-0.39, 0.29) is 11.8 Å². The number of benzene rings is 2. The molecule has 5 nitrogen and oxygen atoms in total. The number of aryl methyl sites for hydroxylation is 1. The highest BCUT2D eigenvalue weighted by Gasteiger charge is 2.38. The van der Waals surface area contributed by atoms with E-state index in [1.165, 1.54) is 55.2 Å². The third-order valence-electron chi connectivity index (χ3n) is 8.66. The van der Waals surface area contributed by atoms with Crippen LogP contribution in [-0.2, 0) is 24.2 Å². The molecule has 5 heteroatoms. The van der Waals surface area contributed by atoms with Crippen LogP contribution in [0.25, 0.3) is 0 Å². The van der Waals surface area contributed by atoms with Crippen LogP contribution in [0.15, 0.2) is 54.7 Å². The Morgan fingerprint density at radius 1 is 0.971 bits per heavy atom. The van der Waals surface area contributed by atoms with E-state index >= 15 is 0 Å². The molecule has 2 N–H and O–H groups in total. The first-order valence-corrected chi connectivity index (χ1v) is 13.3. The van der Waals surface area contributed by atoms with E-state index in [0.29, 0.717) is 31.0 Å². The zero-order chi connectivity index (χ0) is 23.9. The zero-order valence-corrected chi connectivity index (χ0v) is 20.4. The van der Waals surface area contributed by atoms with Gasteiger partial charge in [0.15, 0.2) is 0 Å². The van der Waals surface area contributed by atoms with Crippen molar-refractivity contribution in [3.8, 4) is 0 Å². The van der Waals surface area contributed by atoms with Gasteiger partial charge in [-0.1, -0.05) is 55.8 Å². The number of rotatable bonds is 5. The van der Waals surface area contributed by atoms with E-state index in [9.17, 15) is 9.59 Å². The summed E-state index contributed by atoms with van der Waals surface area (Å²) in [5, 5.41) is 6.87. The molecule has 2 amide bonds. The second kappa shape index (κ2) is 9.27. The summed E-state index contributed by atoms with van der Waals surface area (Å²) in [6.45, 7) is 4.39.